The lowest BCUT2D eigenvalue weighted by atomic mass is 10.0. The molecule has 2 unspecified atom stereocenters. The van der Waals surface area contributed by atoms with Crippen molar-refractivity contribution in [3.63, 3.8) is 0 Å². The fourth-order valence-corrected chi connectivity index (χ4v) is 8.37. The summed E-state index contributed by atoms with van der Waals surface area (Å²) >= 11 is 0. The highest BCUT2D eigenvalue weighted by atomic mass is 16.7. The van der Waals surface area contributed by atoms with Crippen molar-refractivity contribution in [3.05, 3.63) is 72.9 Å². The molecule has 9 heteroatoms. The quantitative estimate of drug-likeness (QED) is 0.0211. The number of ether oxygens (including phenoxy) is 4. The number of carboxylic acid groups (broad SMARTS) is 1. The first-order valence-electron chi connectivity index (χ1n) is 30.1. The predicted octanol–water partition coefficient (Wildman–Crippen LogP) is 17.8. The summed E-state index contributed by atoms with van der Waals surface area (Å²) in [5.41, 5.74) is 0. The third-order valence-corrected chi connectivity index (χ3v) is 13.0. The molecule has 422 valence electrons. The number of likely N-dealkylation sites (N-methyl/N-ethyl adjacent to an activating group) is 1. The minimum absolute atomic E-state index is 0.179. The smallest absolute Gasteiger partial charge is 0.361 e. The van der Waals surface area contributed by atoms with Crippen molar-refractivity contribution in [2.45, 2.75) is 270 Å². The molecule has 0 radical (unpaired) electrons. The fraction of sp³-hybridized carbons (Fsp3) is 0.766. The number of aliphatic carboxylic acids is 1. The molecule has 0 aromatic rings. The Morgan fingerprint density at radius 3 is 1.16 bits per heavy atom. The van der Waals surface area contributed by atoms with Crippen molar-refractivity contribution in [2.24, 2.45) is 0 Å². The van der Waals surface area contributed by atoms with E-state index in [0.717, 1.165) is 77.0 Å². The van der Waals surface area contributed by atoms with E-state index in [0.29, 0.717) is 17.4 Å². The van der Waals surface area contributed by atoms with Gasteiger partial charge in [-0.3, -0.25) is 9.59 Å². The Morgan fingerprint density at radius 2 is 0.781 bits per heavy atom. The number of esters is 2. The Bertz CT molecular complexity index is 1420. The van der Waals surface area contributed by atoms with Gasteiger partial charge in [0.15, 0.2) is 6.10 Å². The summed E-state index contributed by atoms with van der Waals surface area (Å²) in [6.07, 6.45) is 68.6. The Hall–Kier alpha value is -3.27. The summed E-state index contributed by atoms with van der Waals surface area (Å²) in [5.74, 6) is -2.00. The molecular formula is C64H114NO8+. The Morgan fingerprint density at radius 1 is 0.425 bits per heavy atom. The lowest BCUT2D eigenvalue weighted by molar-refractivity contribution is -0.870. The molecule has 9 nitrogen and oxygen atoms in total. The molecule has 0 saturated heterocycles. The number of unbranched alkanes of at least 4 members (excludes halogenated alkanes) is 28. The summed E-state index contributed by atoms with van der Waals surface area (Å²) in [6.45, 7) is 4.77. The highest BCUT2D eigenvalue weighted by molar-refractivity contribution is 5.71. The van der Waals surface area contributed by atoms with Crippen LogP contribution in [0.2, 0.25) is 0 Å². The van der Waals surface area contributed by atoms with Gasteiger partial charge in [0, 0.05) is 12.8 Å². The molecule has 0 aliphatic rings. The number of allylic oxidation sites excluding steroid dienone is 12. The second-order valence-electron chi connectivity index (χ2n) is 21.3. The lowest BCUT2D eigenvalue weighted by Crippen LogP contribution is -2.40. The van der Waals surface area contributed by atoms with Crippen molar-refractivity contribution in [1.29, 1.82) is 0 Å². The monoisotopic (exact) mass is 1020 g/mol. The number of carboxylic acids is 1. The third-order valence-electron chi connectivity index (χ3n) is 13.0. The third kappa shape index (κ3) is 56.3. The van der Waals surface area contributed by atoms with E-state index in [1.54, 1.807) is 0 Å². The SMILES string of the molecule is CC/C=C\C/C=C\C/C=C\C/C=C\C/C=C\C/C=C\CCCCCCCCCCCCCCCCCCCCC(=O)OC(COC(=O)CCCCCCCCCCCCC)COC(OCC[N+](C)(C)C)C(=O)O. The normalized spacial score (nSPS) is 13.3. The molecule has 0 aliphatic heterocycles. The van der Waals surface area contributed by atoms with E-state index in [1.807, 2.05) is 21.1 Å². The molecule has 0 aliphatic carbocycles. The number of carbonyl (C=O) groups is 3. The Kier molecular flexibility index (Phi) is 52.5. The van der Waals surface area contributed by atoms with Gasteiger partial charge in [0.1, 0.15) is 13.2 Å². The largest absolute Gasteiger partial charge is 0.477 e. The highest BCUT2D eigenvalue weighted by Crippen LogP contribution is 2.17. The van der Waals surface area contributed by atoms with Crippen LogP contribution in [-0.4, -0.2) is 87.4 Å². The summed E-state index contributed by atoms with van der Waals surface area (Å²) in [6, 6.07) is 0. The average molecular weight is 1030 g/mol. The van der Waals surface area contributed by atoms with Crippen LogP contribution in [0.5, 0.6) is 0 Å². The van der Waals surface area contributed by atoms with Crippen LogP contribution in [-0.2, 0) is 33.3 Å². The summed E-state index contributed by atoms with van der Waals surface area (Å²) < 4.78 is 22.8. The second-order valence-corrected chi connectivity index (χ2v) is 21.3. The van der Waals surface area contributed by atoms with Gasteiger partial charge in [-0.1, -0.05) is 254 Å². The predicted molar refractivity (Wildman–Crippen MR) is 309 cm³/mol. The van der Waals surface area contributed by atoms with E-state index < -0.39 is 24.3 Å². The molecule has 0 rings (SSSR count). The first kappa shape index (κ1) is 69.7. The maximum Gasteiger partial charge on any atom is 0.361 e. The zero-order chi connectivity index (χ0) is 53.4. The van der Waals surface area contributed by atoms with Gasteiger partial charge in [0.25, 0.3) is 6.29 Å². The minimum atomic E-state index is -1.51. The number of quaternary nitrogens is 1. The Labute approximate surface area is 449 Å². The van der Waals surface area contributed by atoms with Gasteiger partial charge in [0.2, 0.25) is 0 Å². The molecule has 0 bridgehead atoms. The maximum absolute atomic E-state index is 12.9. The van der Waals surface area contributed by atoms with E-state index in [4.69, 9.17) is 18.9 Å². The number of nitrogens with zero attached hydrogens (tertiary/aromatic N) is 1. The standard InChI is InChI=1S/C64H113NO8/c1-6-8-10-12-14-16-18-19-20-21-22-23-24-25-26-27-28-29-30-31-32-33-34-35-36-37-38-39-40-41-42-43-45-47-49-51-53-55-62(67)73-60(59-72-64(63(68)69)70-57-56-65(3,4)5)58-71-61(66)54-52-50-48-46-44-17-15-13-11-9-7-2/h8,10,14,16,19-20,22-23,25-26,28-29,60,64H,6-7,9,11-13,15,17-18,21,24,27,30-59H2,1-5H3/p+1/b10-8-,16-14-,20-19-,23-22-,26-25-,29-28-. The van der Waals surface area contributed by atoms with Gasteiger partial charge < -0.3 is 28.5 Å². The molecular weight excluding hydrogens is 911 g/mol. The van der Waals surface area contributed by atoms with Crippen molar-refractivity contribution in [2.75, 3.05) is 47.5 Å². The fourth-order valence-electron chi connectivity index (χ4n) is 8.37. The number of hydrogen-bond donors (Lipinski definition) is 1. The van der Waals surface area contributed by atoms with E-state index in [9.17, 15) is 19.5 Å². The summed E-state index contributed by atoms with van der Waals surface area (Å²) in [5, 5.41) is 9.68. The second kappa shape index (κ2) is 55.0. The van der Waals surface area contributed by atoms with Gasteiger partial charge in [-0.25, -0.2) is 4.79 Å². The van der Waals surface area contributed by atoms with Gasteiger partial charge in [-0.2, -0.15) is 0 Å². The van der Waals surface area contributed by atoms with Gasteiger partial charge in [-0.15, -0.1) is 0 Å². The minimum Gasteiger partial charge on any atom is -0.477 e. The molecule has 0 aromatic heterocycles. The Balaban J connectivity index is 4.00. The number of hydrogen-bond acceptors (Lipinski definition) is 7. The summed E-state index contributed by atoms with van der Waals surface area (Å²) in [4.78, 5) is 37.3. The van der Waals surface area contributed by atoms with Gasteiger partial charge >= 0.3 is 17.9 Å². The van der Waals surface area contributed by atoms with E-state index in [-0.39, 0.29) is 32.2 Å². The van der Waals surface area contributed by atoms with Crippen LogP contribution in [0.1, 0.15) is 258 Å². The van der Waals surface area contributed by atoms with Crippen molar-refractivity contribution >= 4 is 17.9 Å². The molecule has 0 spiro atoms. The van der Waals surface area contributed by atoms with Gasteiger partial charge in [-0.05, 0) is 64.2 Å². The highest BCUT2D eigenvalue weighted by Gasteiger charge is 2.25. The summed E-state index contributed by atoms with van der Waals surface area (Å²) in [7, 11) is 5.97. The molecule has 0 saturated carbocycles. The van der Waals surface area contributed by atoms with Crippen molar-refractivity contribution in [3.8, 4) is 0 Å². The van der Waals surface area contributed by atoms with Crippen LogP contribution in [0, 0.1) is 0 Å². The van der Waals surface area contributed by atoms with Crippen molar-refractivity contribution < 1.29 is 42.9 Å². The van der Waals surface area contributed by atoms with Gasteiger partial charge in [0.05, 0.1) is 34.4 Å². The number of carbonyl (C=O) groups excluding carboxylic acids is 2. The van der Waals surface area contributed by atoms with E-state index in [1.165, 1.54) is 154 Å². The van der Waals surface area contributed by atoms with Crippen LogP contribution < -0.4 is 0 Å². The average Bonchev–Trinajstić information content (AvgIpc) is 3.36. The lowest BCUT2D eigenvalue weighted by Gasteiger charge is -2.25. The maximum atomic E-state index is 12.9. The van der Waals surface area contributed by atoms with E-state index >= 15 is 0 Å². The van der Waals surface area contributed by atoms with Crippen LogP contribution in [0.25, 0.3) is 0 Å². The molecule has 0 fully saturated rings. The molecule has 1 N–H and O–H groups in total. The molecule has 0 amide bonds. The molecule has 73 heavy (non-hydrogen) atoms. The van der Waals surface area contributed by atoms with E-state index in [2.05, 4.69) is 86.8 Å². The van der Waals surface area contributed by atoms with Crippen LogP contribution in [0.4, 0.5) is 0 Å². The molecule has 2 atom stereocenters. The van der Waals surface area contributed by atoms with Crippen LogP contribution >= 0.6 is 0 Å². The van der Waals surface area contributed by atoms with Crippen LogP contribution in [0.3, 0.4) is 0 Å². The molecule has 0 heterocycles. The first-order chi connectivity index (χ1) is 35.6. The zero-order valence-corrected chi connectivity index (χ0v) is 48.0. The van der Waals surface area contributed by atoms with Crippen LogP contribution in [0.15, 0.2) is 72.9 Å². The number of rotatable bonds is 55. The molecule has 0 aromatic carbocycles. The zero-order valence-electron chi connectivity index (χ0n) is 48.0. The topological polar surface area (TPSA) is 108 Å². The van der Waals surface area contributed by atoms with Crippen molar-refractivity contribution in [1.82, 2.24) is 0 Å². The first-order valence-corrected chi connectivity index (χ1v) is 30.1.